The molecule has 0 aliphatic carbocycles. The van der Waals surface area contributed by atoms with Gasteiger partial charge >= 0.3 is 5.97 Å². The van der Waals surface area contributed by atoms with Crippen molar-refractivity contribution < 1.29 is 14.3 Å². The van der Waals surface area contributed by atoms with E-state index in [0.717, 1.165) is 11.4 Å². The molecule has 1 aromatic rings. The van der Waals surface area contributed by atoms with Gasteiger partial charge in [0.25, 0.3) is 0 Å². The fraction of sp³-hybridized carbons (Fsp3) is 0.600. The Labute approximate surface area is 114 Å². The number of rotatable bonds is 7. The third kappa shape index (κ3) is 5.46. The predicted molar refractivity (Wildman–Crippen MR) is 71.9 cm³/mol. The molecule has 1 N–H and O–H groups in total. The first-order chi connectivity index (χ1) is 8.65. The molecule has 0 aliphatic rings. The highest BCUT2D eigenvalue weighted by Crippen LogP contribution is 2.15. The van der Waals surface area contributed by atoms with Crippen molar-refractivity contribution in [1.82, 2.24) is 10.2 Å². The molecular weight excluding hydrogens is 274 g/mol. The van der Waals surface area contributed by atoms with E-state index >= 15 is 0 Å². The number of thioether (sulfide) groups is 1. The molecular formula is C10H15N3O3S2. The predicted octanol–water partition coefficient (Wildman–Crippen LogP) is 1.34. The second kappa shape index (κ2) is 8.04. The van der Waals surface area contributed by atoms with Crippen LogP contribution in [0.1, 0.15) is 18.9 Å². The van der Waals surface area contributed by atoms with Crippen LogP contribution in [0.3, 0.4) is 0 Å². The van der Waals surface area contributed by atoms with E-state index in [0.29, 0.717) is 11.7 Å². The number of aromatic nitrogens is 2. The number of nitrogens with zero attached hydrogens (tertiary/aromatic N) is 2. The summed E-state index contributed by atoms with van der Waals surface area (Å²) in [6.45, 7) is 4.08. The van der Waals surface area contributed by atoms with E-state index in [4.69, 9.17) is 4.74 Å². The van der Waals surface area contributed by atoms with E-state index < -0.39 is 0 Å². The highest BCUT2D eigenvalue weighted by atomic mass is 32.2. The Hall–Kier alpha value is -1.15. The van der Waals surface area contributed by atoms with Crippen LogP contribution in [-0.2, 0) is 20.7 Å². The first-order valence-corrected chi connectivity index (χ1v) is 7.48. The van der Waals surface area contributed by atoms with Crippen LogP contribution < -0.4 is 5.32 Å². The van der Waals surface area contributed by atoms with Crippen LogP contribution in [0.15, 0.2) is 0 Å². The SMILES string of the molecule is CCOC(=O)CSCC(=O)Nc1nnc(CC)s1. The molecule has 0 fully saturated rings. The van der Waals surface area contributed by atoms with Gasteiger partial charge in [-0.15, -0.1) is 22.0 Å². The highest BCUT2D eigenvalue weighted by molar-refractivity contribution is 8.00. The third-order valence-electron chi connectivity index (χ3n) is 1.77. The Morgan fingerprint density at radius 1 is 1.33 bits per heavy atom. The Balaban J connectivity index is 2.23. The van der Waals surface area contributed by atoms with E-state index in [1.54, 1.807) is 6.92 Å². The summed E-state index contributed by atoms with van der Waals surface area (Å²) in [5, 5.41) is 11.7. The topological polar surface area (TPSA) is 81.2 Å². The lowest BCUT2D eigenvalue weighted by atomic mass is 10.5. The minimum Gasteiger partial charge on any atom is -0.465 e. The fourth-order valence-corrected chi connectivity index (χ4v) is 2.34. The minimum atomic E-state index is -0.306. The largest absolute Gasteiger partial charge is 0.465 e. The van der Waals surface area contributed by atoms with E-state index in [2.05, 4.69) is 15.5 Å². The second-order valence-electron chi connectivity index (χ2n) is 3.20. The van der Waals surface area contributed by atoms with Gasteiger partial charge in [0.15, 0.2) is 0 Å². The molecule has 8 heteroatoms. The van der Waals surface area contributed by atoms with Crippen molar-refractivity contribution in [2.75, 3.05) is 23.4 Å². The molecule has 0 aromatic carbocycles. The van der Waals surface area contributed by atoms with Crippen LogP contribution in [0.25, 0.3) is 0 Å². The smallest absolute Gasteiger partial charge is 0.315 e. The molecule has 0 radical (unpaired) electrons. The summed E-state index contributed by atoms with van der Waals surface area (Å²) >= 11 is 2.57. The van der Waals surface area contributed by atoms with Gasteiger partial charge in [-0.25, -0.2) is 0 Å². The first-order valence-electron chi connectivity index (χ1n) is 5.51. The van der Waals surface area contributed by atoms with Crippen LogP contribution in [0, 0.1) is 0 Å². The maximum Gasteiger partial charge on any atom is 0.315 e. The lowest BCUT2D eigenvalue weighted by Gasteiger charge is -2.01. The van der Waals surface area contributed by atoms with Crippen molar-refractivity contribution in [3.05, 3.63) is 5.01 Å². The van der Waals surface area contributed by atoms with Crippen molar-refractivity contribution in [1.29, 1.82) is 0 Å². The van der Waals surface area contributed by atoms with Gasteiger partial charge in [0.2, 0.25) is 11.0 Å². The van der Waals surface area contributed by atoms with Crippen molar-refractivity contribution in [2.45, 2.75) is 20.3 Å². The van der Waals surface area contributed by atoms with Gasteiger partial charge in [-0.3, -0.25) is 14.9 Å². The molecule has 0 unspecified atom stereocenters. The number of hydrogen-bond donors (Lipinski definition) is 1. The van der Waals surface area contributed by atoms with Gasteiger partial charge in [-0.05, 0) is 13.3 Å². The Bertz CT molecular complexity index is 409. The van der Waals surface area contributed by atoms with E-state index in [9.17, 15) is 9.59 Å². The Morgan fingerprint density at radius 3 is 2.72 bits per heavy atom. The van der Waals surface area contributed by atoms with Crippen LogP contribution in [-0.4, -0.2) is 40.2 Å². The third-order valence-corrected chi connectivity index (χ3v) is 3.66. The van der Waals surface area contributed by atoms with Gasteiger partial charge in [-0.1, -0.05) is 18.3 Å². The van der Waals surface area contributed by atoms with Crippen LogP contribution in [0.5, 0.6) is 0 Å². The molecule has 0 saturated heterocycles. The Morgan fingerprint density at radius 2 is 2.11 bits per heavy atom. The number of carbonyl (C=O) groups is 2. The van der Waals surface area contributed by atoms with Crippen LogP contribution in [0.2, 0.25) is 0 Å². The van der Waals surface area contributed by atoms with Crippen molar-refractivity contribution in [3.8, 4) is 0 Å². The summed E-state index contributed by atoms with van der Waals surface area (Å²) in [4.78, 5) is 22.5. The van der Waals surface area contributed by atoms with Gasteiger partial charge in [0.05, 0.1) is 18.1 Å². The quantitative estimate of drug-likeness (QED) is 0.763. The molecule has 1 heterocycles. The summed E-state index contributed by atoms with van der Waals surface area (Å²) in [6, 6.07) is 0. The fourth-order valence-electron chi connectivity index (χ4n) is 1.03. The van der Waals surface area contributed by atoms with Crippen LogP contribution >= 0.6 is 23.1 Å². The number of carbonyl (C=O) groups excluding carboxylic acids is 2. The number of esters is 1. The number of anilines is 1. The van der Waals surface area contributed by atoms with Gasteiger partial charge in [0, 0.05) is 0 Å². The highest BCUT2D eigenvalue weighted by Gasteiger charge is 2.09. The molecule has 1 rings (SSSR count). The summed E-state index contributed by atoms with van der Waals surface area (Å²) in [7, 11) is 0. The number of ether oxygens (including phenoxy) is 1. The molecule has 0 atom stereocenters. The molecule has 6 nitrogen and oxygen atoms in total. The number of amides is 1. The zero-order valence-electron chi connectivity index (χ0n) is 10.3. The molecule has 0 bridgehead atoms. The van der Waals surface area contributed by atoms with E-state index in [1.807, 2.05) is 6.92 Å². The minimum absolute atomic E-state index is 0.178. The van der Waals surface area contributed by atoms with Crippen molar-refractivity contribution in [2.24, 2.45) is 0 Å². The van der Waals surface area contributed by atoms with Crippen molar-refractivity contribution >= 4 is 40.1 Å². The number of hydrogen-bond acceptors (Lipinski definition) is 7. The normalized spacial score (nSPS) is 10.1. The zero-order valence-corrected chi connectivity index (χ0v) is 11.9. The average molecular weight is 289 g/mol. The molecule has 0 aliphatic heterocycles. The maximum atomic E-state index is 11.5. The van der Waals surface area contributed by atoms with Crippen LogP contribution in [0.4, 0.5) is 5.13 Å². The standard InChI is InChI=1S/C10H15N3O3S2/c1-3-8-12-13-10(18-8)11-7(14)5-17-6-9(15)16-4-2/h3-6H2,1-2H3,(H,11,13,14). The Kier molecular flexibility index (Phi) is 6.66. The molecule has 18 heavy (non-hydrogen) atoms. The number of nitrogens with one attached hydrogen (secondary N) is 1. The van der Waals surface area contributed by atoms with Crippen molar-refractivity contribution in [3.63, 3.8) is 0 Å². The van der Waals surface area contributed by atoms with Gasteiger partial charge in [-0.2, -0.15) is 0 Å². The van der Waals surface area contributed by atoms with E-state index in [-0.39, 0.29) is 23.4 Å². The monoisotopic (exact) mass is 289 g/mol. The van der Waals surface area contributed by atoms with Gasteiger partial charge < -0.3 is 4.74 Å². The summed E-state index contributed by atoms with van der Waals surface area (Å²) < 4.78 is 4.75. The lowest BCUT2D eigenvalue weighted by Crippen LogP contribution is -2.16. The maximum absolute atomic E-state index is 11.5. The molecule has 0 spiro atoms. The summed E-state index contributed by atoms with van der Waals surface area (Å²) in [6.07, 6.45) is 0.797. The van der Waals surface area contributed by atoms with Gasteiger partial charge in [0.1, 0.15) is 5.01 Å². The first kappa shape index (κ1) is 14.9. The molecule has 0 saturated carbocycles. The van der Waals surface area contributed by atoms with E-state index in [1.165, 1.54) is 23.1 Å². The molecule has 1 aromatic heterocycles. The molecule has 100 valence electrons. The number of aryl methyl sites for hydroxylation is 1. The summed E-state index contributed by atoms with van der Waals surface area (Å²) in [5.74, 6) is -0.125. The molecule has 1 amide bonds. The lowest BCUT2D eigenvalue weighted by molar-refractivity contribution is -0.139. The average Bonchev–Trinajstić information content (AvgIpc) is 2.77. The second-order valence-corrected chi connectivity index (χ2v) is 5.25. The zero-order chi connectivity index (χ0) is 13.4. The summed E-state index contributed by atoms with van der Waals surface area (Å²) in [5.41, 5.74) is 0.